The molecule has 2 aromatic rings. The first kappa shape index (κ1) is 15.0. The fourth-order valence-corrected chi connectivity index (χ4v) is 2.62. The van der Waals surface area contributed by atoms with E-state index in [1.165, 1.54) is 6.92 Å². The van der Waals surface area contributed by atoms with Crippen LogP contribution in [-0.2, 0) is 9.59 Å². The zero-order chi connectivity index (χ0) is 16.4. The second-order valence-corrected chi connectivity index (χ2v) is 5.44. The van der Waals surface area contributed by atoms with Gasteiger partial charge < -0.3 is 5.32 Å². The predicted molar refractivity (Wildman–Crippen MR) is 87.4 cm³/mol. The van der Waals surface area contributed by atoms with E-state index in [1.54, 1.807) is 24.3 Å². The molecule has 1 fully saturated rings. The van der Waals surface area contributed by atoms with Crippen molar-refractivity contribution in [1.29, 1.82) is 0 Å². The van der Waals surface area contributed by atoms with Crippen LogP contribution in [0.1, 0.15) is 23.7 Å². The van der Waals surface area contributed by atoms with Gasteiger partial charge in [0.2, 0.25) is 5.91 Å². The number of hydrogen-bond donors (Lipinski definition) is 1. The van der Waals surface area contributed by atoms with Crippen molar-refractivity contribution in [2.24, 2.45) is 0 Å². The average molecular weight is 308 g/mol. The molecule has 0 unspecified atom stereocenters. The van der Waals surface area contributed by atoms with Crippen molar-refractivity contribution >= 4 is 29.0 Å². The monoisotopic (exact) mass is 308 g/mol. The molecule has 3 rings (SSSR count). The van der Waals surface area contributed by atoms with E-state index in [0.717, 1.165) is 10.6 Å². The Balaban J connectivity index is 1.84. The molecular formula is C18H16N2O3. The Bertz CT molecular complexity index is 771. The number of benzene rings is 2. The standard InChI is InChI=1S/C18H16N2O3/c1-12(21)13-6-5-9-15(10-13)20-17(22)11-16(18(20)23)19-14-7-3-2-4-8-14/h2-10,16,19H,11H2,1H3/t16-/m1/s1. The van der Waals surface area contributed by atoms with Gasteiger partial charge in [0.25, 0.3) is 5.91 Å². The van der Waals surface area contributed by atoms with Crippen LogP contribution >= 0.6 is 0 Å². The Labute approximate surface area is 133 Å². The van der Waals surface area contributed by atoms with Crippen molar-refractivity contribution in [2.45, 2.75) is 19.4 Å². The van der Waals surface area contributed by atoms with Gasteiger partial charge in [0.15, 0.2) is 5.78 Å². The van der Waals surface area contributed by atoms with Crippen LogP contribution in [0.25, 0.3) is 0 Å². The van der Waals surface area contributed by atoms with E-state index in [-0.39, 0.29) is 24.0 Å². The van der Waals surface area contributed by atoms with E-state index in [0.29, 0.717) is 11.3 Å². The lowest BCUT2D eigenvalue weighted by Crippen LogP contribution is -2.34. The number of nitrogens with one attached hydrogen (secondary N) is 1. The van der Waals surface area contributed by atoms with Gasteiger partial charge in [-0.1, -0.05) is 30.3 Å². The Kier molecular flexibility index (Phi) is 3.93. The molecule has 0 spiro atoms. The highest BCUT2D eigenvalue weighted by Gasteiger charge is 2.39. The lowest BCUT2D eigenvalue weighted by atomic mass is 10.1. The first-order chi connectivity index (χ1) is 11.1. The first-order valence-electron chi connectivity index (χ1n) is 7.35. The molecule has 0 saturated carbocycles. The maximum atomic E-state index is 12.6. The van der Waals surface area contributed by atoms with Gasteiger partial charge in [-0.3, -0.25) is 14.4 Å². The van der Waals surface area contributed by atoms with Crippen LogP contribution in [0.5, 0.6) is 0 Å². The fraction of sp³-hybridized carbons (Fsp3) is 0.167. The third-order valence-electron chi connectivity index (χ3n) is 3.77. The lowest BCUT2D eigenvalue weighted by molar-refractivity contribution is -0.121. The molecule has 1 N–H and O–H groups in total. The number of Topliss-reactive ketones (excluding diaryl/α,β-unsaturated/α-hetero) is 1. The minimum atomic E-state index is -0.592. The summed E-state index contributed by atoms with van der Waals surface area (Å²) in [5.74, 6) is -0.686. The summed E-state index contributed by atoms with van der Waals surface area (Å²) in [6.07, 6.45) is 0.0953. The Morgan fingerprint density at radius 1 is 1.09 bits per heavy atom. The van der Waals surface area contributed by atoms with Gasteiger partial charge in [-0.15, -0.1) is 0 Å². The number of hydrogen-bond acceptors (Lipinski definition) is 4. The fourth-order valence-electron chi connectivity index (χ4n) is 2.62. The van der Waals surface area contributed by atoms with Crippen LogP contribution in [0.3, 0.4) is 0 Å². The van der Waals surface area contributed by atoms with Crippen molar-refractivity contribution in [3.8, 4) is 0 Å². The third-order valence-corrected chi connectivity index (χ3v) is 3.77. The molecule has 23 heavy (non-hydrogen) atoms. The number of nitrogens with zero attached hydrogens (tertiary/aromatic N) is 1. The topological polar surface area (TPSA) is 66.5 Å². The van der Waals surface area contributed by atoms with Crippen LogP contribution in [0, 0.1) is 0 Å². The Morgan fingerprint density at radius 3 is 2.52 bits per heavy atom. The van der Waals surface area contributed by atoms with Crippen molar-refractivity contribution in [2.75, 3.05) is 10.2 Å². The summed E-state index contributed by atoms with van der Waals surface area (Å²) in [5.41, 5.74) is 1.70. The minimum absolute atomic E-state index is 0.0953. The lowest BCUT2D eigenvalue weighted by Gasteiger charge is -2.16. The third kappa shape index (κ3) is 2.99. The summed E-state index contributed by atoms with van der Waals surface area (Å²) in [7, 11) is 0. The largest absolute Gasteiger partial charge is 0.373 e. The van der Waals surface area contributed by atoms with E-state index in [1.807, 2.05) is 30.3 Å². The smallest absolute Gasteiger partial charge is 0.256 e. The van der Waals surface area contributed by atoms with Gasteiger partial charge in [0.05, 0.1) is 12.1 Å². The minimum Gasteiger partial charge on any atom is -0.373 e. The number of ketones is 1. The summed E-state index contributed by atoms with van der Waals surface area (Å²) < 4.78 is 0. The van der Waals surface area contributed by atoms with Crippen LogP contribution in [-0.4, -0.2) is 23.6 Å². The number of para-hydroxylation sites is 1. The molecule has 1 atom stereocenters. The molecule has 1 saturated heterocycles. The summed E-state index contributed by atoms with van der Waals surface area (Å²) in [6, 6.07) is 15.3. The van der Waals surface area contributed by atoms with Crippen molar-refractivity contribution in [3.63, 3.8) is 0 Å². The molecule has 2 aromatic carbocycles. The second kappa shape index (κ2) is 6.04. The van der Waals surface area contributed by atoms with Crippen molar-refractivity contribution in [1.82, 2.24) is 0 Å². The van der Waals surface area contributed by atoms with Gasteiger partial charge in [-0.25, -0.2) is 4.90 Å². The van der Waals surface area contributed by atoms with Gasteiger partial charge in [-0.2, -0.15) is 0 Å². The summed E-state index contributed by atoms with van der Waals surface area (Å²) >= 11 is 0. The summed E-state index contributed by atoms with van der Waals surface area (Å²) in [5, 5.41) is 3.08. The Hall–Kier alpha value is -2.95. The number of imide groups is 1. The van der Waals surface area contributed by atoms with Crippen molar-refractivity contribution < 1.29 is 14.4 Å². The summed E-state index contributed by atoms with van der Waals surface area (Å²) in [4.78, 5) is 37.4. The van der Waals surface area contributed by atoms with Gasteiger partial charge >= 0.3 is 0 Å². The number of anilines is 2. The summed E-state index contributed by atoms with van der Waals surface area (Å²) in [6.45, 7) is 1.45. The average Bonchev–Trinajstić information content (AvgIpc) is 2.82. The number of amides is 2. The molecule has 2 amide bonds. The number of carbonyl (C=O) groups is 3. The van der Waals surface area contributed by atoms with E-state index in [4.69, 9.17) is 0 Å². The van der Waals surface area contributed by atoms with Crippen molar-refractivity contribution in [3.05, 3.63) is 60.2 Å². The molecule has 5 heteroatoms. The molecule has 1 aliphatic rings. The molecule has 116 valence electrons. The molecule has 0 aliphatic carbocycles. The molecule has 0 bridgehead atoms. The molecular weight excluding hydrogens is 292 g/mol. The van der Waals surface area contributed by atoms with Crippen LogP contribution in [0.2, 0.25) is 0 Å². The molecule has 0 radical (unpaired) electrons. The quantitative estimate of drug-likeness (QED) is 0.696. The molecule has 0 aromatic heterocycles. The number of rotatable bonds is 4. The maximum absolute atomic E-state index is 12.6. The van der Waals surface area contributed by atoms with E-state index >= 15 is 0 Å². The first-order valence-corrected chi connectivity index (χ1v) is 7.35. The van der Waals surface area contributed by atoms with Crippen LogP contribution in [0.4, 0.5) is 11.4 Å². The highest BCUT2D eigenvalue weighted by Crippen LogP contribution is 2.25. The van der Waals surface area contributed by atoms with Gasteiger partial charge in [0, 0.05) is 11.3 Å². The number of carbonyl (C=O) groups excluding carboxylic acids is 3. The van der Waals surface area contributed by atoms with Crippen LogP contribution < -0.4 is 10.2 Å². The second-order valence-electron chi connectivity index (χ2n) is 5.44. The van der Waals surface area contributed by atoms with Gasteiger partial charge in [-0.05, 0) is 31.2 Å². The van der Waals surface area contributed by atoms with E-state index in [9.17, 15) is 14.4 Å². The predicted octanol–water partition coefficient (Wildman–Crippen LogP) is 2.63. The van der Waals surface area contributed by atoms with E-state index in [2.05, 4.69) is 5.32 Å². The zero-order valence-electron chi connectivity index (χ0n) is 12.7. The molecule has 1 heterocycles. The zero-order valence-corrected chi connectivity index (χ0v) is 12.7. The maximum Gasteiger partial charge on any atom is 0.256 e. The highest BCUT2D eigenvalue weighted by molar-refractivity contribution is 6.23. The molecule has 5 nitrogen and oxygen atoms in total. The normalized spacial score (nSPS) is 17.4. The highest BCUT2D eigenvalue weighted by atomic mass is 16.2. The Morgan fingerprint density at radius 2 is 1.83 bits per heavy atom. The SMILES string of the molecule is CC(=O)c1cccc(N2C(=O)C[C@@H](Nc3ccccc3)C2=O)c1. The molecule has 1 aliphatic heterocycles. The van der Waals surface area contributed by atoms with Gasteiger partial charge in [0.1, 0.15) is 6.04 Å². The van der Waals surface area contributed by atoms with Crippen LogP contribution in [0.15, 0.2) is 54.6 Å². The van der Waals surface area contributed by atoms with E-state index < -0.39 is 6.04 Å².